The van der Waals surface area contributed by atoms with Crippen LogP contribution in [-0.4, -0.2) is 25.4 Å². The van der Waals surface area contributed by atoms with Crippen molar-refractivity contribution in [3.8, 4) is 5.75 Å². The van der Waals surface area contributed by atoms with Crippen LogP contribution in [0.25, 0.3) is 0 Å². The predicted octanol–water partition coefficient (Wildman–Crippen LogP) is 5.06. The van der Waals surface area contributed by atoms with Crippen molar-refractivity contribution < 1.29 is 14.7 Å². The normalized spacial score (nSPS) is 11.4. The van der Waals surface area contributed by atoms with Gasteiger partial charge in [-0.25, -0.2) is 0 Å². The van der Waals surface area contributed by atoms with Gasteiger partial charge in [0.05, 0.1) is 13.7 Å². The summed E-state index contributed by atoms with van der Waals surface area (Å²) < 4.78 is 5.37. The van der Waals surface area contributed by atoms with E-state index in [1.807, 2.05) is 48.5 Å². The summed E-state index contributed by atoms with van der Waals surface area (Å²) in [6.45, 7) is 0.852. The first-order chi connectivity index (χ1) is 14.8. The quantitative estimate of drug-likeness (QED) is 0.251. The molecule has 0 amide bonds. The molecule has 3 aromatic rings. The van der Waals surface area contributed by atoms with Gasteiger partial charge in [0.1, 0.15) is 11.3 Å². The Morgan fingerprint density at radius 3 is 1.77 bits per heavy atom. The van der Waals surface area contributed by atoms with Gasteiger partial charge in [0.2, 0.25) is 0 Å². The van der Waals surface area contributed by atoms with Crippen molar-refractivity contribution in [2.24, 2.45) is 0 Å². The molecule has 3 aromatic carbocycles. The lowest BCUT2D eigenvalue weighted by Gasteiger charge is -2.36. The molecule has 4 heteroatoms. The Morgan fingerprint density at radius 1 is 0.700 bits per heavy atom. The fourth-order valence-corrected chi connectivity index (χ4v) is 3.69. The van der Waals surface area contributed by atoms with Crippen molar-refractivity contribution in [2.75, 3.05) is 20.3 Å². The van der Waals surface area contributed by atoms with Crippen molar-refractivity contribution in [3.05, 3.63) is 102 Å². The monoisotopic (exact) mass is 405 g/mol. The highest BCUT2D eigenvalue weighted by Gasteiger charge is 2.36. The van der Waals surface area contributed by atoms with Gasteiger partial charge in [0, 0.05) is 6.61 Å². The number of hydrogen-bond donors (Lipinski definition) is 2. The molecule has 0 spiro atoms. The Bertz CT molecular complexity index is 811. The minimum atomic E-state index is -0.653. The number of methoxy groups -OCH3 is 1. The van der Waals surface area contributed by atoms with E-state index < -0.39 is 5.54 Å². The molecule has 30 heavy (non-hydrogen) atoms. The van der Waals surface area contributed by atoms with Crippen LogP contribution in [0.5, 0.6) is 5.75 Å². The molecular weight excluding hydrogens is 374 g/mol. The lowest BCUT2D eigenvalue weighted by molar-refractivity contribution is -0.00152. The standard InChI is InChI=1S/C26H31NO3/c1-29-25-18-16-24(17-19-25)26(22-12-6-4-7-13-22,23-14-8-5-9-15-23)27-30-21-11-3-2-10-20-28/h4-9,12-19,27-28H,2-3,10-11,20-21H2,1H3. The highest BCUT2D eigenvalue weighted by molar-refractivity contribution is 5.50. The highest BCUT2D eigenvalue weighted by Crippen LogP contribution is 2.37. The van der Waals surface area contributed by atoms with Gasteiger partial charge < -0.3 is 14.7 Å². The molecule has 2 N–H and O–H groups in total. The highest BCUT2D eigenvalue weighted by atomic mass is 16.6. The number of benzene rings is 3. The molecule has 0 heterocycles. The second-order valence-electron chi connectivity index (χ2n) is 7.30. The number of hydroxylamine groups is 1. The zero-order valence-electron chi connectivity index (χ0n) is 17.6. The summed E-state index contributed by atoms with van der Waals surface area (Å²) in [5.41, 5.74) is 6.04. The summed E-state index contributed by atoms with van der Waals surface area (Å²) in [5.74, 6) is 0.818. The maximum Gasteiger partial charge on any atom is 0.118 e. The topological polar surface area (TPSA) is 50.7 Å². The fraction of sp³-hybridized carbons (Fsp3) is 0.308. The maximum atomic E-state index is 8.94. The Hall–Kier alpha value is -2.66. The summed E-state index contributed by atoms with van der Waals surface area (Å²) in [4.78, 5) is 6.06. The van der Waals surface area contributed by atoms with Crippen LogP contribution in [0.1, 0.15) is 42.4 Å². The number of unbranched alkanes of at least 4 members (excludes halogenated alkanes) is 3. The molecule has 0 aliphatic carbocycles. The van der Waals surface area contributed by atoms with Crippen LogP contribution in [0.4, 0.5) is 0 Å². The summed E-state index contributed by atoms with van der Waals surface area (Å²) in [7, 11) is 1.68. The number of aliphatic hydroxyl groups is 1. The van der Waals surface area contributed by atoms with Gasteiger partial charge in [-0.05, 0) is 41.7 Å². The van der Waals surface area contributed by atoms with E-state index in [9.17, 15) is 0 Å². The molecule has 3 rings (SSSR count). The second-order valence-corrected chi connectivity index (χ2v) is 7.30. The Kier molecular flexibility index (Phi) is 8.45. The molecule has 0 aromatic heterocycles. The molecule has 0 unspecified atom stereocenters. The first-order valence-electron chi connectivity index (χ1n) is 10.6. The van der Waals surface area contributed by atoms with Gasteiger partial charge in [-0.3, -0.25) is 0 Å². The average molecular weight is 406 g/mol. The minimum Gasteiger partial charge on any atom is -0.497 e. The van der Waals surface area contributed by atoms with E-state index in [4.69, 9.17) is 14.7 Å². The van der Waals surface area contributed by atoms with Crippen LogP contribution < -0.4 is 10.2 Å². The molecule has 0 atom stereocenters. The molecule has 0 saturated heterocycles. The van der Waals surface area contributed by atoms with E-state index in [1.54, 1.807) is 7.11 Å². The Balaban J connectivity index is 1.94. The zero-order valence-corrected chi connectivity index (χ0v) is 17.6. The molecule has 0 bridgehead atoms. The molecule has 0 fully saturated rings. The van der Waals surface area contributed by atoms with Crippen molar-refractivity contribution in [1.29, 1.82) is 0 Å². The number of nitrogens with one attached hydrogen (secondary N) is 1. The zero-order chi connectivity index (χ0) is 21.1. The minimum absolute atomic E-state index is 0.252. The van der Waals surface area contributed by atoms with E-state index >= 15 is 0 Å². The fourth-order valence-electron chi connectivity index (χ4n) is 3.69. The molecule has 0 radical (unpaired) electrons. The second kappa shape index (κ2) is 11.5. The molecule has 4 nitrogen and oxygen atoms in total. The van der Waals surface area contributed by atoms with Crippen LogP contribution in [0.15, 0.2) is 84.9 Å². The predicted molar refractivity (Wildman–Crippen MR) is 120 cm³/mol. The first-order valence-corrected chi connectivity index (χ1v) is 10.6. The van der Waals surface area contributed by atoms with Crippen molar-refractivity contribution in [1.82, 2.24) is 5.48 Å². The molecular formula is C26H31NO3. The lowest BCUT2D eigenvalue weighted by atomic mass is 9.78. The van der Waals surface area contributed by atoms with Gasteiger partial charge in [0.15, 0.2) is 0 Å². The summed E-state index contributed by atoms with van der Waals surface area (Å²) in [6, 6.07) is 28.8. The number of rotatable bonds is 12. The third-order valence-corrected chi connectivity index (χ3v) is 5.32. The largest absolute Gasteiger partial charge is 0.497 e. The lowest BCUT2D eigenvalue weighted by Crippen LogP contribution is -2.44. The van der Waals surface area contributed by atoms with E-state index in [1.165, 1.54) is 0 Å². The van der Waals surface area contributed by atoms with E-state index in [0.29, 0.717) is 6.61 Å². The van der Waals surface area contributed by atoms with Gasteiger partial charge in [-0.2, -0.15) is 5.48 Å². The number of ether oxygens (including phenoxy) is 1. The molecule has 0 aliphatic rings. The van der Waals surface area contributed by atoms with Crippen molar-refractivity contribution in [2.45, 2.75) is 31.2 Å². The van der Waals surface area contributed by atoms with E-state index in [0.717, 1.165) is 48.1 Å². The van der Waals surface area contributed by atoms with Gasteiger partial charge in [-0.15, -0.1) is 0 Å². The average Bonchev–Trinajstić information content (AvgIpc) is 2.82. The van der Waals surface area contributed by atoms with Gasteiger partial charge in [0.25, 0.3) is 0 Å². The van der Waals surface area contributed by atoms with Crippen molar-refractivity contribution in [3.63, 3.8) is 0 Å². The molecule has 158 valence electrons. The van der Waals surface area contributed by atoms with Crippen molar-refractivity contribution >= 4 is 0 Å². The van der Waals surface area contributed by atoms with Crippen LogP contribution >= 0.6 is 0 Å². The smallest absolute Gasteiger partial charge is 0.118 e. The van der Waals surface area contributed by atoms with Gasteiger partial charge in [-0.1, -0.05) is 85.6 Å². The van der Waals surface area contributed by atoms with E-state index in [2.05, 4.69) is 41.9 Å². The van der Waals surface area contributed by atoms with Crippen LogP contribution in [-0.2, 0) is 10.4 Å². The maximum absolute atomic E-state index is 8.94. The van der Waals surface area contributed by atoms with Crippen LogP contribution in [0, 0.1) is 0 Å². The summed E-state index contributed by atoms with van der Waals surface area (Å²) in [6.07, 6.45) is 3.84. The summed E-state index contributed by atoms with van der Waals surface area (Å²) >= 11 is 0. The first kappa shape index (κ1) is 22.0. The third kappa shape index (κ3) is 5.28. The third-order valence-electron chi connectivity index (χ3n) is 5.32. The van der Waals surface area contributed by atoms with E-state index in [-0.39, 0.29) is 6.61 Å². The molecule has 0 aliphatic heterocycles. The SMILES string of the molecule is COc1ccc(C(NOCCCCCCO)(c2ccccc2)c2ccccc2)cc1. The van der Waals surface area contributed by atoms with Crippen LogP contribution in [0.3, 0.4) is 0 Å². The van der Waals surface area contributed by atoms with Crippen LogP contribution in [0.2, 0.25) is 0 Å². The van der Waals surface area contributed by atoms with Gasteiger partial charge >= 0.3 is 0 Å². The number of hydrogen-bond acceptors (Lipinski definition) is 4. The number of aliphatic hydroxyl groups excluding tert-OH is 1. The molecule has 0 saturated carbocycles. The Morgan fingerprint density at radius 2 is 1.23 bits per heavy atom. The Labute approximate surface area is 179 Å². The summed E-state index contributed by atoms with van der Waals surface area (Å²) in [5, 5.41) is 8.94.